The molecule has 1 unspecified atom stereocenters. The van der Waals surface area contributed by atoms with E-state index in [0.29, 0.717) is 29.4 Å². The highest BCUT2D eigenvalue weighted by molar-refractivity contribution is 6.04. The van der Waals surface area contributed by atoms with Gasteiger partial charge in [0.15, 0.2) is 0 Å². The normalized spacial score (nSPS) is 23.1. The zero-order valence-electron chi connectivity index (χ0n) is 24.3. The number of anilines is 5. The van der Waals surface area contributed by atoms with Crippen molar-refractivity contribution in [2.45, 2.75) is 51.0 Å². The van der Waals surface area contributed by atoms with Gasteiger partial charge in [-0.1, -0.05) is 13.0 Å². The number of carbonyl (C=O) groups excluding carboxylic acids is 1. The zero-order valence-corrected chi connectivity index (χ0v) is 24.3. The highest BCUT2D eigenvalue weighted by Crippen LogP contribution is 2.47. The van der Waals surface area contributed by atoms with Crippen molar-refractivity contribution < 1.29 is 4.79 Å². The molecule has 2 bridgehead atoms. The number of nitrogens with zero attached hydrogens (tertiary/aromatic N) is 3. The maximum absolute atomic E-state index is 13.1. The first-order valence-corrected chi connectivity index (χ1v) is 15.2. The van der Waals surface area contributed by atoms with E-state index in [9.17, 15) is 4.79 Å². The Morgan fingerprint density at radius 1 is 0.905 bits per heavy atom. The minimum atomic E-state index is -0.130. The third-order valence-electron chi connectivity index (χ3n) is 9.59. The summed E-state index contributed by atoms with van der Waals surface area (Å²) in [5, 5.41) is 10.2. The highest BCUT2D eigenvalue weighted by Gasteiger charge is 2.45. The van der Waals surface area contributed by atoms with Gasteiger partial charge >= 0.3 is 0 Å². The average molecular weight is 559 g/mol. The maximum atomic E-state index is 13.1. The van der Waals surface area contributed by atoms with E-state index in [2.05, 4.69) is 51.9 Å². The van der Waals surface area contributed by atoms with Gasteiger partial charge in [0.2, 0.25) is 0 Å². The van der Waals surface area contributed by atoms with Gasteiger partial charge in [0.05, 0.1) is 0 Å². The molecular formula is C35H38N6O. The van der Waals surface area contributed by atoms with Crippen molar-refractivity contribution in [1.82, 2.24) is 14.9 Å². The SMILES string of the molecule is C[C@H]1C(c2cc(Nc3ccc(C(=O)Nc4ccc5c(c4)Nc4ccncc4CCC5)cc3)ccn2)[C@@H]2CC[C@H]1N(C)C2. The number of nitrogens with one attached hydrogen (secondary N) is 3. The predicted molar refractivity (Wildman–Crippen MR) is 169 cm³/mol. The largest absolute Gasteiger partial charge is 0.355 e. The predicted octanol–water partition coefficient (Wildman–Crippen LogP) is 7.15. The highest BCUT2D eigenvalue weighted by atomic mass is 16.1. The molecule has 2 saturated heterocycles. The van der Waals surface area contributed by atoms with Crippen molar-refractivity contribution in [3.8, 4) is 0 Å². The lowest BCUT2D eigenvalue weighted by Crippen LogP contribution is -2.54. The van der Waals surface area contributed by atoms with Crippen molar-refractivity contribution in [2.24, 2.45) is 11.8 Å². The molecule has 0 spiro atoms. The van der Waals surface area contributed by atoms with E-state index in [-0.39, 0.29) is 5.91 Å². The number of hydrogen-bond donors (Lipinski definition) is 3. The maximum Gasteiger partial charge on any atom is 0.255 e. The minimum Gasteiger partial charge on any atom is -0.355 e. The van der Waals surface area contributed by atoms with Crippen LogP contribution in [0.5, 0.6) is 0 Å². The lowest BCUT2D eigenvalue weighted by Gasteiger charge is -2.52. The number of aryl methyl sites for hydroxylation is 2. The van der Waals surface area contributed by atoms with Crippen molar-refractivity contribution in [3.63, 3.8) is 0 Å². The second-order valence-electron chi connectivity index (χ2n) is 12.2. The Hall–Kier alpha value is -4.23. The minimum absolute atomic E-state index is 0.130. The van der Waals surface area contributed by atoms with Gasteiger partial charge in [0, 0.05) is 76.8 Å². The summed E-state index contributed by atoms with van der Waals surface area (Å²) < 4.78 is 0. The van der Waals surface area contributed by atoms with Crippen LogP contribution in [0.4, 0.5) is 28.4 Å². The van der Waals surface area contributed by atoms with Gasteiger partial charge < -0.3 is 20.9 Å². The van der Waals surface area contributed by atoms with Crippen LogP contribution in [0.15, 0.2) is 79.3 Å². The van der Waals surface area contributed by atoms with E-state index in [0.717, 1.165) is 54.2 Å². The number of carbonyl (C=O) groups is 1. The fourth-order valence-electron chi connectivity index (χ4n) is 7.47. The molecule has 1 saturated carbocycles. The zero-order chi connectivity index (χ0) is 28.6. The molecule has 4 aromatic rings. The van der Waals surface area contributed by atoms with Crippen molar-refractivity contribution in [3.05, 3.63) is 102 Å². The third-order valence-corrected chi connectivity index (χ3v) is 9.59. The first kappa shape index (κ1) is 26.7. The summed E-state index contributed by atoms with van der Waals surface area (Å²) in [5.74, 6) is 1.65. The first-order chi connectivity index (χ1) is 20.5. The van der Waals surface area contributed by atoms with Gasteiger partial charge in [-0.25, -0.2) is 0 Å². The number of piperidine rings is 2. The molecule has 214 valence electrons. The molecule has 7 heteroatoms. The molecule has 3 N–H and O–H groups in total. The van der Waals surface area contributed by atoms with E-state index in [1.54, 1.807) is 0 Å². The van der Waals surface area contributed by atoms with Gasteiger partial charge in [0.1, 0.15) is 0 Å². The van der Waals surface area contributed by atoms with Crippen LogP contribution in [0.25, 0.3) is 0 Å². The molecule has 2 aromatic heterocycles. The lowest BCUT2D eigenvalue weighted by atomic mass is 9.64. The summed E-state index contributed by atoms with van der Waals surface area (Å²) in [4.78, 5) is 24.8. The summed E-state index contributed by atoms with van der Waals surface area (Å²) in [7, 11) is 2.27. The second kappa shape index (κ2) is 11.2. The van der Waals surface area contributed by atoms with Gasteiger partial charge in [-0.05, 0) is 117 Å². The summed E-state index contributed by atoms with van der Waals surface area (Å²) in [6.07, 6.45) is 11.3. The Morgan fingerprint density at radius 3 is 2.57 bits per heavy atom. The molecule has 1 amide bonds. The standard InChI is InChI=1S/C35H38N6O/c1-22-33-13-9-26(21-41(33)2)34(22)32-19-29(14-17-37-32)38-27-10-7-24(8-11-27)35(42)39-28-12-6-23-4-3-5-25-20-36-16-15-30(25)40-31(23)18-28/h6-8,10-12,14-20,22,26,33-34,40H,3-5,9,13,21H2,1-2H3,(H,37,38)(H,39,42)/t22-,26-,33-,34?/m1/s1. The fourth-order valence-corrected chi connectivity index (χ4v) is 7.47. The van der Waals surface area contributed by atoms with E-state index in [1.165, 1.54) is 29.7 Å². The topological polar surface area (TPSA) is 82.2 Å². The number of amides is 1. The number of hydrogen-bond acceptors (Lipinski definition) is 6. The van der Waals surface area contributed by atoms with Gasteiger partial charge in [0.25, 0.3) is 5.91 Å². The van der Waals surface area contributed by atoms with Gasteiger partial charge in [-0.2, -0.15) is 0 Å². The number of benzene rings is 2. The first-order valence-electron chi connectivity index (χ1n) is 15.2. The second-order valence-corrected chi connectivity index (χ2v) is 12.2. The number of fused-ring (bicyclic) bond motifs is 5. The van der Waals surface area contributed by atoms with Crippen LogP contribution in [0.2, 0.25) is 0 Å². The molecule has 7 nitrogen and oxygen atoms in total. The quantitative estimate of drug-likeness (QED) is 0.241. The summed E-state index contributed by atoms with van der Waals surface area (Å²) in [6, 6.07) is 20.7. The number of pyridine rings is 2. The van der Waals surface area contributed by atoms with Crippen molar-refractivity contribution >= 4 is 34.3 Å². The Bertz CT molecular complexity index is 1600. The smallest absolute Gasteiger partial charge is 0.255 e. The van der Waals surface area contributed by atoms with Crippen LogP contribution in [0.3, 0.4) is 0 Å². The Morgan fingerprint density at radius 2 is 1.74 bits per heavy atom. The molecule has 1 aliphatic carbocycles. The number of aromatic nitrogens is 2. The van der Waals surface area contributed by atoms with E-state index in [1.807, 2.05) is 67.1 Å². The van der Waals surface area contributed by atoms with Crippen LogP contribution >= 0.6 is 0 Å². The lowest BCUT2D eigenvalue weighted by molar-refractivity contribution is 0.00537. The van der Waals surface area contributed by atoms with Crippen LogP contribution in [-0.2, 0) is 12.8 Å². The van der Waals surface area contributed by atoms with E-state index >= 15 is 0 Å². The van der Waals surface area contributed by atoms with Crippen molar-refractivity contribution in [2.75, 3.05) is 29.5 Å². The van der Waals surface area contributed by atoms with Crippen LogP contribution in [-0.4, -0.2) is 40.4 Å². The van der Waals surface area contributed by atoms with Crippen molar-refractivity contribution in [1.29, 1.82) is 0 Å². The average Bonchev–Trinajstić information content (AvgIpc) is 2.98. The molecule has 5 heterocycles. The third kappa shape index (κ3) is 5.25. The molecule has 0 radical (unpaired) electrons. The van der Waals surface area contributed by atoms with E-state index in [4.69, 9.17) is 4.98 Å². The molecule has 4 aliphatic rings. The van der Waals surface area contributed by atoms with Crippen LogP contribution < -0.4 is 16.0 Å². The Labute approximate surface area is 247 Å². The molecular weight excluding hydrogens is 520 g/mol. The van der Waals surface area contributed by atoms with Crippen LogP contribution in [0.1, 0.15) is 59.3 Å². The molecule has 4 atom stereocenters. The summed E-state index contributed by atoms with van der Waals surface area (Å²) >= 11 is 0. The summed E-state index contributed by atoms with van der Waals surface area (Å²) in [5.41, 5.74) is 9.13. The van der Waals surface area contributed by atoms with E-state index < -0.39 is 0 Å². The fraction of sp³-hybridized carbons (Fsp3) is 0.343. The molecule has 2 aromatic carbocycles. The Balaban J connectivity index is 1.02. The molecule has 8 rings (SSSR count). The Kier molecular flexibility index (Phi) is 7.12. The molecule has 3 fully saturated rings. The molecule has 42 heavy (non-hydrogen) atoms. The van der Waals surface area contributed by atoms with Crippen LogP contribution in [0, 0.1) is 11.8 Å². The number of rotatable bonds is 5. The summed E-state index contributed by atoms with van der Waals surface area (Å²) in [6.45, 7) is 3.55. The van der Waals surface area contributed by atoms with Gasteiger partial charge in [-0.15, -0.1) is 0 Å². The molecule has 3 aliphatic heterocycles. The van der Waals surface area contributed by atoms with Gasteiger partial charge in [-0.3, -0.25) is 14.8 Å². The monoisotopic (exact) mass is 558 g/mol.